The fraction of sp³-hybridized carbons (Fsp3) is 0.250. The summed E-state index contributed by atoms with van der Waals surface area (Å²) in [5.41, 5.74) is 1.32. The summed E-state index contributed by atoms with van der Waals surface area (Å²) in [7, 11) is 0. The molecule has 0 bridgehead atoms. The van der Waals surface area contributed by atoms with Crippen LogP contribution in [0.5, 0.6) is 0 Å². The summed E-state index contributed by atoms with van der Waals surface area (Å²) in [6.45, 7) is 0.371. The fourth-order valence-electron chi connectivity index (χ4n) is 2.52. The summed E-state index contributed by atoms with van der Waals surface area (Å²) in [6, 6.07) is 17.3. The Morgan fingerprint density at radius 3 is 2.15 bits per heavy atom. The molecule has 1 atom stereocenters. The maximum Gasteiger partial charge on any atom is 0.305 e. The standard InChI is InChI=1S/C20H22N2O4/c23-18(12-7-13-21-20(26)16-10-5-2-6-11-16)22-17(14-19(24)25)15-8-3-1-4-9-15/h1-6,8-11,17H,7,12-14H2,(H,21,26)(H,22,23)(H,24,25). The van der Waals surface area contributed by atoms with Crippen LogP contribution in [0.15, 0.2) is 60.7 Å². The van der Waals surface area contributed by atoms with Crippen molar-refractivity contribution in [1.29, 1.82) is 0 Å². The average molecular weight is 354 g/mol. The zero-order chi connectivity index (χ0) is 18.8. The monoisotopic (exact) mass is 354 g/mol. The topological polar surface area (TPSA) is 95.5 Å². The average Bonchev–Trinajstić information content (AvgIpc) is 2.65. The molecule has 0 spiro atoms. The molecule has 3 N–H and O–H groups in total. The van der Waals surface area contributed by atoms with E-state index in [2.05, 4.69) is 10.6 Å². The van der Waals surface area contributed by atoms with Gasteiger partial charge in [-0.15, -0.1) is 0 Å². The molecule has 6 nitrogen and oxygen atoms in total. The molecule has 136 valence electrons. The number of carboxylic acids is 1. The molecular formula is C20H22N2O4. The molecule has 0 saturated carbocycles. The highest BCUT2D eigenvalue weighted by Gasteiger charge is 2.17. The van der Waals surface area contributed by atoms with Gasteiger partial charge < -0.3 is 15.7 Å². The van der Waals surface area contributed by atoms with Crippen molar-refractivity contribution >= 4 is 17.8 Å². The first kappa shape index (κ1) is 19.2. The van der Waals surface area contributed by atoms with Gasteiger partial charge in [0.2, 0.25) is 5.91 Å². The van der Waals surface area contributed by atoms with E-state index in [1.807, 2.05) is 12.1 Å². The van der Waals surface area contributed by atoms with Crippen LogP contribution in [0.3, 0.4) is 0 Å². The molecule has 2 amide bonds. The Balaban J connectivity index is 1.77. The zero-order valence-electron chi connectivity index (χ0n) is 14.4. The third-order valence-electron chi connectivity index (χ3n) is 3.82. The van der Waals surface area contributed by atoms with Crippen LogP contribution < -0.4 is 10.6 Å². The largest absolute Gasteiger partial charge is 0.481 e. The number of carbonyl (C=O) groups is 3. The number of hydrogen-bond donors (Lipinski definition) is 3. The van der Waals surface area contributed by atoms with E-state index in [4.69, 9.17) is 5.11 Å². The van der Waals surface area contributed by atoms with Crippen LogP contribution in [-0.2, 0) is 9.59 Å². The summed E-state index contributed by atoms with van der Waals surface area (Å²) in [4.78, 5) is 35.0. The van der Waals surface area contributed by atoms with Gasteiger partial charge in [0, 0.05) is 18.5 Å². The van der Waals surface area contributed by atoms with E-state index in [1.165, 1.54) is 0 Å². The smallest absolute Gasteiger partial charge is 0.305 e. The lowest BCUT2D eigenvalue weighted by molar-refractivity contribution is -0.137. The maximum atomic E-state index is 12.1. The normalized spacial score (nSPS) is 11.4. The van der Waals surface area contributed by atoms with Gasteiger partial charge in [0.05, 0.1) is 12.5 Å². The number of amides is 2. The highest BCUT2D eigenvalue weighted by atomic mass is 16.4. The van der Waals surface area contributed by atoms with E-state index in [1.54, 1.807) is 48.5 Å². The molecule has 2 aromatic carbocycles. The summed E-state index contributed by atoms with van der Waals surface area (Å²) in [5.74, 6) is -1.40. The Hall–Kier alpha value is -3.15. The molecule has 0 saturated heterocycles. The molecule has 26 heavy (non-hydrogen) atoms. The van der Waals surface area contributed by atoms with Crippen molar-refractivity contribution in [2.45, 2.75) is 25.3 Å². The molecule has 1 unspecified atom stereocenters. The number of nitrogens with one attached hydrogen (secondary N) is 2. The highest BCUT2D eigenvalue weighted by Crippen LogP contribution is 2.16. The van der Waals surface area contributed by atoms with Gasteiger partial charge in [0.25, 0.3) is 5.91 Å². The van der Waals surface area contributed by atoms with Crippen molar-refractivity contribution in [1.82, 2.24) is 10.6 Å². The minimum Gasteiger partial charge on any atom is -0.481 e. The van der Waals surface area contributed by atoms with Crippen LogP contribution in [0.2, 0.25) is 0 Å². The van der Waals surface area contributed by atoms with E-state index in [-0.39, 0.29) is 24.7 Å². The first-order valence-corrected chi connectivity index (χ1v) is 8.45. The van der Waals surface area contributed by atoms with E-state index in [9.17, 15) is 14.4 Å². The van der Waals surface area contributed by atoms with Crippen molar-refractivity contribution in [3.8, 4) is 0 Å². The highest BCUT2D eigenvalue weighted by molar-refractivity contribution is 5.94. The van der Waals surface area contributed by atoms with Crippen LogP contribution in [0.1, 0.15) is 41.2 Å². The number of hydrogen-bond acceptors (Lipinski definition) is 3. The molecule has 0 aromatic heterocycles. The van der Waals surface area contributed by atoms with Crippen LogP contribution >= 0.6 is 0 Å². The first-order chi connectivity index (χ1) is 12.6. The summed E-state index contributed by atoms with van der Waals surface area (Å²) >= 11 is 0. The van der Waals surface area contributed by atoms with Gasteiger partial charge in [-0.1, -0.05) is 48.5 Å². The van der Waals surface area contributed by atoms with Gasteiger partial charge in [-0.25, -0.2) is 0 Å². The Labute approximate surface area is 152 Å². The van der Waals surface area contributed by atoms with E-state index >= 15 is 0 Å². The minimum atomic E-state index is -0.978. The predicted octanol–water partition coefficient (Wildman–Crippen LogP) is 2.53. The van der Waals surface area contributed by atoms with Crippen LogP contribution in [0, 0.1) is 0 Å². The van der Waals surface area contributed by atoms with Crippen LogP contribution in [0.4, 0.5) is 0 Å². The van der Waals surface area contributed by atoms with E-state index in [0.29, 0.717) is 18.5 Å². The molecule has 0 heterocycles. The molecule has 0 aliphatic rings. The lowest BCUT2D eigenvalue weighted by Gasteiger charge is -2.17. The lowest BCUT2D eigenvalue weighted by Crippen LogP contribution is -2.31. The molecule has 2 rings (SSSR count). The number of benzene rings is 2. The predicted molar refractivity (Wildman–Crippen MR) is 97.6 cm³/mol. The molecule has 2 aromatic rings. The second-order valence-corrected chi connectivity index (χ2v) is 5.85. The van der Waals surface area contributed by atoms with E-state index in [0.717, 1.165) is 5.56 Å². The third-order valence-corrected chi connectivity index (χ3v) is 3.82. The maximum absolute atomic E-state index is 12.1. The van der Waals surface area contributed by atoms with Gasteiger partial charge in [-0.2, -0.15) is 0 Å². The summed E-state index contributed by atoms with van der Waals surface area (Å²) < 4.78 is 0. The Morgan fingerprint density at radius 2 is 1.54 bits per heavy atom. The molecule has 0 radical (unpaired) electrons. The summed E-state index contributed by atoms with van der Waals surface area (Å²) in [5, 5.41) is 14.6. The third kappa shape index (κ3) is 6.39. The van der Waals surface area contributed by atoms with Crippen molar-refractivity contribution in [2.24, 2.45) is 0 Å². The number of carbonyl (C=O) groups excluding carboxylic acids is 2. The van der Waals surface area contributed by atoms with Gasteiger partial charge >= 0.3 is 5.97 Å². The van der Waals surface area contributed by atoms with Crippen molar-refractivity contribution in [3.05, 3.63) is 71.8 Å². The van der Waals surface area contributed by atoms with Gasteiger partial charge in [0.1, 0.15) is 0 Å². The van der Waals surface area contributed by atoms with Crippen LogP contribution in [-0.4, -0.2) is 29.4 Å². The molecule has 0 fully saturated rings. The number of rotatable bonds is 9. The zero-order valence-corrected chi connectivity index (χ0v) is 14.4. The molecule has 0 aliphatic heterocycles. The second-order valence-electron chi connectivity index (χ2n) is 5.85. The van der Waals surface area contributed by atoms with Crippen molar-refractivity contribution in [3.63, 3.8) is 0 Å². The van der Waals surface area contributed by atoms with Crippen LogP contribution in [0.25, 0.3) is 0 Å². The van der Waals surface area contributed by atoms with Crippen molar-refractivity contribution < 1.29 is 19.5 Å². The fourth-order valence-corrected chi connectivity index (χ4v) is 2.52. The molecule has 0 aliphatic carbocycles. The van der Waals surface area contributed by atoms with Gasteiger partial charge in [-0.05, 0) is 24.1 Å². The Kier molecular flexibility index (Phi) is 7.36. The SMILES string of the molecule is O=C(O)CC(NC(=O)CCCNC(=O)c1ccccc1)c1ccccc1. The van der Waals surface area contributed by atoms with Gasteiger partial charge in [0.15, 0.2) is 0 Å². The lowest BCUT2D eigenvalue weighted by atomic mass is 10.0. The number of aliphatic carboxylic acids is 1. The minimum absolute atomic E-state index is 0.180. The van der Waals surface area contributed by atoms with Gasteiger partial charge in [-0.3, -0.25) is 14.4 Å². The quantitative estimate of drug-likeness (QED) is 0.603. The van der Waals surface area contributed by atoms with Crippen molar-refractivity contribution in [2.75, 3.05) is 6.54 Å². The molecule has 6 heteroatoms. The Morgan fingerprint density at radius 1 is 0.923 bits per heavy atom. The number of carboxylic acid groups (broad SMARTS) is 1. The summed E-state index contributed by atoms with van der Waals surface area (Å²) in [6.07, 6.45) is 0.498. The Bertz CT molecular complexity index is 732. The second kappa shape index (κ2) is 9.98. The molecular weight excluding hydrogens is 332 g/mol. The first-order valence-electron chi connectivity index (χ1n) is 8.45. The van der Waals surface area contributed by atoms with E-state index < -0.39 is 12.0 Å².